The van der Waals surface area contributed by atoms with Crippen LogP contribution >= 0.6 is 11.6 Å². The molecule has 8 heterocycles. The molecule has 6 aromatic carbocycles. The van der Waals surface area contributed by atoms with Crippen LogP contribution in [0.15, 0.2) is 368 Å². The fourth-order valence-corrected chi connectivity index (χ4v) is 10.0. The van der Waals surface area contributed by atoms with E-state index in [1.54, 1.807) is 137 Å². The van der Waals surface area contributed by atoms with Gasteiger partial charge < -0.3 is 9.47 Å². The van der Waals surface area contributed by atoms with Gasteiger partial charge in [-0.1, -0.05) is 115 Å². The number of nitrogens with zero attached hydrogens (tertiary/aromatic N) is 8. The summed E-state index contributed by atoms with van der Waals surface area (Å²) in [6.45, 7) is 1.90. The monoisotopic (exact) mass is 1520 g/mol. The summed E-state index contributed by atoms with van der Waals surface area (Å²) in [7, 11) is 2.94. The van der Waals surface area contributed by atoms with Gasteiger partial charge in [-0.25, -0.2) is 9.18 Å². The number of methoxy groups -OCH3 is 2. The number of alkyl halides is 7. The minimum Gasteiger partial charge on any atom is -0.465 e. The molecule has 560 valence electrons. The van der Waals surface area contributed by atoms with Gasteiger partial charge in [-0.2, -0.15) is 26.3 Å². The van der Waals surface area contributed by atoms with Crippen LogP contribution in [-0.4, -0.2) is 57.1 Å². The number of esters is 1. The van der Waals surface area contributed by atoms with Crippen molar-refractivity contribution in [1.82, 2.24) is 37.0 Å². The second-order valence-corrected chi connectivity index (χ2v) is 23.5. The highest BCUT2D eigenvalue weighted by Gasteiger charge is 2.32. The summed E-state index contributed by atoms with van der Waals surface area (Å²) in [6.07, 6.45) is 4.36. The molecule has 26 heteroatoms. The van der Waals surface area contributed by atoms with E-state index in [0.717, 1.165) is 79.7 Å². The van der Waals surface area contributed by atoms with E-state index < -0.39 is 47.2 Å². The Morgan fingerprint density at radius 2 is 0.682 bits per heavy atom. The highest BCUT2D eigenvalue weighted by Crippen LogP contribution is 2.30. The van der Waals surface area contributed by atoms with Crippen molar-refractivity contribution in [3.63, 3.8) is 0 Å². The number of pyridine rings is 8. The Morgan fingerprint density at radius 1 is 0.355 bits per heavy atom. The van der Waals surface area contributed by atoms with Crippen LogP contribution in [-0.2, 0) is 35.1 Å². The Labute approximate surface area is 628 Å². The molecule has 0 saturated heterocycles. The number of aromatic nitrogens is 8. The SMILES string of the molecule is COC(=O)c1ccc(=O)n(-c2ccccc2)c1.COCc1ccc(=O)n(-c2ccccc2)c1.Cc1ccc(=O)n(-c2ccncc2)c1.O=c1ccc(C(F)(F)F)cn1-c1ccc(Cl)cc1.O=c1ccc(C(F)(F)F)cn1-c1ccccc1.O=c1ccc(CF)cn1-c1ccccc1.O=c1ccccn1-c1ccccc1. The molecular weight excluding hydrogens is 1450 g/mol. The van der Waals surface area contributed by atoms with Crippen molar-refractivity contribution in [2.24, 2.45) is 0 Å². The Kier molecular flexibility index (Phi) is 30.0. The molecule has 14 rings (SSSR count). The number of ether oxygens (including phenoxy) is 2. The lowest BCUT2D eigenvalue weighted by atomic mass is 10.2. The summed E-state index contributed by atoms with van der Waals surface area (Å²) < 4.78 is 107. The number of halogens is 8. The first-order chi connectivity index (χ1) is 52.8. The molecule has 0 aliphatic rings. The second-order valence-electron chi connectivity index (χ2n) is 23.1. The fourth-order valence-electron chi connectivity index (χ4n) is 9.92. The van der Waals surface area contributed by atoms with E-state index in [-0.39, 0.29) is 27.8 Å². The lowest BCUT2D eigenvalue weighted by Crippen LogP contribution is -2.19. The molecule has 0 aliphatic carbocycles. The van der Waals surface area contributed by atoms with Crippen molar-refractivity contribution in [2.45, 2.75) is 32.6 Å². The largest absolute Gasteiger partial charge is 0.465 e. The summed E-state index contributed by atoms with van der Waals surface area (Å²) >= 11 is 5.68. The number of para-hydroxylation sites is 5. The molecule has 8 aromatic heterocycles. The number of benzene rings is 6. The average Bonchev–Trinajstić information content (AvgIpc) is 0.836. The van der Waals surface area contributed by atoms with Crippen LogP contribution in [0.1, 0.15) is 38.2 Å². The zero-order chi connectivity index (χ0) is 79.2. The molecule has 0 spiro atoms. The van der Waals surface area contributed by atoms with Crippen molar-refractivity contribution < 1.29 is 45.0 Å². The van der Waals surface area contributed by atoms with Crippen molar-refractivity contribution in [3.05, 3.63) is 446 Å². The van der Waals surface area contributed by atoms with Crippen LogP contribution in [0.5, 0.6) is 0 Å². The molecule has 0 atom stereocenters. The van der Waals surface area contributed by atoms with E-state index in [1.807, 2.05) is 128 Å². The van der Waals surface area contributed by atoms with E-state index in [9.17, 15) is 69.1 Å². The Morgan fingerprint density at radius 3 is 1.08 bits per heavy atom. The maximum atomic E-state index is 12.5. The fraction of sp³-hybridized carbons (Fsp3) is 0.0833. The van der Waals surface area contributed by atoms with Gasteiger partial charge in [0.2, 0.25) is 0 Å². The quantitative estimate of drug-likeness (QED) is 0.0880. The van der Waals surface area contributed by atoms with E-state index in [4.69, 9.17) is 16.3 Å². The van der Waals surface area contributed by atoms with Crippen LogP contribution in [0.2, 0.25) is 5.02 Å². The lowest BCUT2D eigenvalue weighted by molar-refractivity contribution is -0.138. The number of carbonyl (C=O) groups is 1. The van der Waals surface area contributed by atoms with Crippen LogP contribution < -0.4 is 38.9 Å². The molecule has 0 saturated carbocycles. The Hall–Kier alpha value is -13.7. The highest BCUT2D eigenvalue weighted by atomic mass is 35.5. The summed E-state index contributed by atoms with van der Waals surface area (Å²) in [5, 5.41) is 0.443. The van der Waals surface area contributed by atoms with E-state index in [2.05, 4.69) is 9.72 Å². The van der Waals surface area contributed by atoms with Gasteiger partial charge in [0.1, 0.15) is 6.67 Å². The number of aryl methyl sites for hydroxylation is 1. The Balaban J connectivity index is 0.000000162. The summed E-state index contributed by atoms with van der Waals surface area (Å²) in [4.78, 5) is 96.1. The summed E-state index contributed by atoms with van der Waals surface area (Å²) in [5.74, 6) is -0.463. The first-order valence-corrected chi connectivity index (χ1v) is 33.4. The topological polar surface area (TPSA) is 202 Å². The number of hydrogen-bond acceptors (Lipinski definition) is 11. The predicted molar refractivity (Wildman–Crippen MR) is 409 cm³/mol. The minimum atomic E-state index is -4.48. The molecule has 0 unspecified atom stereocenters. The molecule has 0 aliphatic heterocycles. The maximum absolute atomic E-state index is 12.5. The first-order valence-electron chi connectivity index (χ1n) is 33.0. The third-order valence-electron chi connectivity index (χ3n) is 15.3. The Bertz CT molecular complexity index is 5730. The van der Waals surface area contributed by atoms with Crippen molar-refractivity contribution >= 4 is 17.6 Å². The first kappa shape index (κ1) is 82.0. The van der Waals surface area contributed by atoms with Crippen LogP contribution in [0.3, 0.4) is 0 Å². The van der Waals surface area contributed by atoms with Gasteiger partial charge in [-0.3, -0.25) is 70.5 Å². The standard InChI is InChI=1S/C13H11NO3.C13H13NO2.C12H7ClF3NO.C12H8F3NO.C12H10FNO.C11H10N2O.C11H9NO/c1-17-13(16)10-7-8-12(15)14(9-10)11-5-3-2-4-6-11;1-16-10-11-7-8-13(15)14(9-11)12-5-3-2-4-6-12;13-9-2-4-10(5-3-9)17-7-8(12(14,15)16)1-6-11(17)18;13-12(14,15)9-6-7-11(17)16(8-9)10-4-2-1-3-5-10;13-8-10-6-7-12(15)14(9-10)11-4-2-1-3-5-11;1-9-2-3-11(14)13(8-9)10-4-6-12-7-5-10;13-11-8-4-5-9-12(11)10-6-2-1-3-7-10/h2-9H,1H3;2-9H,10H2,1H3;1-7H;1-8H;1-7,9H,8H2;2-8H,1H3;1-9H. The zero-order valence-electron chi connectivity index (χ0n) is 58.9. The van der Waals surface area contributed by atoms with Crippen LogP contribution in [0.4, 0.5) is 30.7 Å². The zero-order valence-corrected chi connectivity index (χ0v) is 59.6. The van der Waals surface area contributed by atoms with Crippen LogP contribution in [0, 0.1) is 6.92 Å². The van der Waals surface area contributed by atoms with Gasteiger partial charge in [-0.05, 0) is 157 Å². The third kappa shape index (κ3) is 24.2. The predicted octanol–water partition coefficient (Wildman–Crippen LogP) is 15.7. The smallest absolute Gasteiger partial charge is 0.417 e. The summed E-state index contributed by atoms with van der Waals surface area (Å²) in [5.41, 5.74) is 4.51. The molecule has 0 bridgehead atoms. The number of rotatable bonds is 11. The van der Waals surface area contributed by atoms with Crippen molar-refractivity contribution in [1.29, 1.82) is 0 Å². The van der Waals surface area contributed by atoms with Crippen molar-refractivity contribution in [3.8, 4) is 39.8 Å². The molecule has 14 aromatic rings. The van der Waals surface area contributed by atoms with Gasteiger partial charge in [0, 0.05) is 144 Å². The molecular formula is C84H68ClF7N8O10. The average molecular weight is 1520 g/mol. The van der Waals surface area contributed by atoms with Gasteiger partial charge in [-0.15, -0.1) is 0 Å². The molecule has 0 radical (unpaired) electrons. The second kappa shape index (κ2) is 40.2. The molecule has 0 fully saturated rings. The molecule has 110 heavy (non-hydrogen) atoms. The highest BCUT2D eigenvalue weighted by molar-refractivity contribution is 6.30. The normalized spacial score (nSPS) is 10.5. The van der Waals surface area contributed by atoms with Gasteiger partial charge in [0.25, 0.3) is 38.9 Å². The van der Waals surface area contributed by atoms with E-state index in [1.165, 1.54) is 77.2 Å². The van der Waals surface area contributed by atoms with Gasteiger partial charge >= 0.3 is 18.3 Å². The number of hydrogen-bond donors (Lipinski definition) is 0. The molecule has 18 nitrogen and oxygen atoms in total. The van der Waals surface area contributed by atoms with Gasteiger partial charge in [0.05, 0.1) is 36.1 Å². The number of carbonyl (C=O) groups excluding carboxylic acids is 1. The minimum absolute atomic E-state index is 0.00583. The lowest BCUT2D eigenvalue weighted by Gasteiger charge is -2.10. The molecule has 0 N–H and O–H groups in total. The third-order valence-corrected chi connectivity index (χ3v) is 15.6. The van der Waals surface area contributed by atoms with E-state index in [0.29, 0.717) is 39.8 Å². The van der Waals surface area contributed by atoms with Crippen LogP contribution in [0.25, 0.3) is 39.8 Å². The van der Waals surface area contributed by atoms with Crippen molar-refractivity contribution in [2.75, 3.05) is 14.2 Å². The van der Waals surface area contributed by atoms with Gasteiger partial charge in [0.15, 0.2) is 0 Å². The maximum Gasteiger partial charge on any atom is 0.417 e. The molecule has 0 amide bonds. The summed E-state index contributed by atoms with van der Waals surface area (Å²) in [6, 6.07) is 76.0. The van der Waals surface area contributed by atoms with E-state index >= 15 is 0 Å².